The molecule has 1 aromatic heterocycles. The first kappa shape index (κ1) is 18.3. The predicted molar refractivity (Wildman–Crippen MR) is 98.5 cm³/mol. The van der Waals surface area contributed by atoms with Gasteiger partial charge < -0.3 is 9.47 Å². The predicted octanol–water partition coefficient (Wildman–Crippen LogP) is 2.45. The lowest BCUT2D eigenvalue weighted by Crippen LogP contribution is -2.47. The van der Waals surface area contributed by atoms with E-state index in [0.717, 1.165) is 22.0 Å². The second-order valence-corrected chi connectivity index (χ2v) is 9.05. The summed E-state index contributed by atoms with van der Waals surface area (Å²) in [6, 6.07) is 7.63. The fourth-order valence-corrected chi connectivity index (χ4v) is 4.29. The molecule has 1 N–H and O–H groups in total. The van der Waals surface area contributed by atoms with E-state index in [-0.39, 0.29) is 12.0 Å². The van der Waals surface area contributed by atoms with Crippen LogP contribution in [0.4, 0.5) is 0 Å². The molecule has 2 atom stereocenters. The van der Waals surface area contributed by atoms with E-state index in [2.05, 4.69) is 9.71 Å². The number of nitrogens with one attached hydrogen (secondary N) is 1. The third kappa shape index (κ3) is 5.24. The normalized spacial score (nSPS) is 21.2. The van der Waals surface area contributed by atoms with Crippen molar-refractivity contribution in [1.82, 2.24) is 9.71 Å². The number of nitrogens with zero attached hydrogens (tertiary/aromatic N) is 1. The molecule has 2 aromatic rings. The molecule has 8 heteroatoms. The van der Waals surface area contributed by atoms with E-state index < -0.39 is 10.0 Å². The van der Waals surface area contributed by atoms with E-state index >= 15 is 0 Å². The Morgan fingerprint density at radius 3 is 2.76 bits per heavy atom. The van der Waals surface area contributed by atoms with Gasteiger partial charge in [-0.3, -0.25) is 0 Å². The Morgan fingerprint density at radius 1 is 1.36 bits per heavy atom. The zero-order chi connectivity index (χ0) is 17.9. The summed E-state index contributed by atoms with van der Waals surface area (Å²) < 4.78 is 37.0. The molecule has 0 spiro atoms. The SMILES string of the molecule is Cc1nc(-c2ccc(OC[C@H]3COCC[C@@H]3NS(C)(=O)=O)cc2)cs1. The Balaban J connectivity index is 1.60. The fraction of sp³-hybridized carbons (Fsp3) is 0.471. The van der Waals surface area contributed by atoms with E-state index in [4.69, 9.17) is 9.47 Å². The molecule has 1 saturated heterocycles. The van der Waals surface area contributed by atoms with Crippen LogP contribution in [-0.2, 0) is 14.8 Å². The van der Waals surface area contributed by atoms with Crippen LogP contribution in [0.5, 0.6) is 5.75 Å². The van der Waals surface area contributed by atoms with Crippen molar-refractivity contribution in [2.75, 3.05) is 26.1 Å². The largest absolute Gasteiger partial charge is 0.493 e. The van der Waals surface area contributed by atoms with Gasteiger partial charge in [-0.05, 0) is 37.6 Å². The number of rotatable bonds is 6. The van der Waals surface area contributed by atoms with Gasteiger partial charge in [-0.25, -0.2) is 18.1 Å². The molecule has 1 aliphatic rings. The van der Waals surface area contributed by atoms with Crippen molar-refractivity contribution in [2.45, 2.75) is 19.4 Å². The highest BCUT2D eigenvalue weighted by molar-refractivity contribution is 7.88. The summed E-state index contributed by atoms with van der Waals surface area (Å²) in [7, 11) is -3.24. The molecule has 1 fully saturated rings. The van der Waals surface area contributed by atoms with Crippen molar-refractivity contribution in [2.24, 2.45) is 5.92 Å². The zero-order valence-corrected chi connectivity index (χ0v) is 15.9. The van der Waals surface area contributed by atoms with E-state index in [1.54, 1.807) is 11.3 Å². The van der Waals surface area contributed by atoms with Gasteiger partial charge in [0.2, 0.25) is 10.0 Å². The van der Waals surface area contributed by atoms with E-state index in [1.807, 2.05) is 36.6 Å². The first-order valence-electron chi connectivity index (χ1n) is 8.11. The van der Waals surface area contributed by atoms with Crippen LogP contribution in [0.1, 0.15) is 11.4 Å². The van der Waals surface area contributed by atoms with Gasteiger partial charge in [0.05, 0.1) is 30.2 Å². The van der Waals surface area contributed by atoms with Crippen LogP contribution in [0.15, 0.2) is 29.6 Å². The number of aryl methyl sites for hydroxylation is 1. The number of sulfonamides is 1. The molecule has 2 heterocycles. The minimum atomic E-state index is -3.24. The van der Waals surface area contributed by atoms with Crippen molar-refractivity contribution in [1.29, 1.82) is 0 Å². The van der Waals surface area contributed by atoms with Gasteiger partial charge in [0.15, 0.2) is 0 Å². The van der Waals surface area contributed by atoms with E-state index in [9.17, 15) is 8.42 Å². The molecule has 0 amide bonds. The van der Waals surface area contributed by atoms with Gasteiger partial charge in [0.1, 0.15) is 5.75 Å². The van der Waals surface area contributed by atoms with Gasteiger partial charge in [0.25, 0.3) is 0 Å². The topological polar surface area (TPSA) is 77.5 Å². The zero-order valence-electron chi connectivity index (χ0n) is 14.3. The summed E-state index contributed by atoms with van der Waals surface area (Å²) in [5.41, 5.74) is 2.02. The smallest absolute Gasteiger partial charge is 0.208 e. The highest BCUT2D eigenvalue weighted by Gasteiger charge is 2.28. The number of thiazole rings is 1. The van der Waals surface area contributed by atoms with Crippen molar-refractivity contribution in [3.05, 3.63) is 34.7 Å². The summed E-state index contributed by atoms with van der Waals surface area (Å²) in [6.45, 7) is 3.44. The maximum Gasteiger partial charge on any atom is 0.208 e. The molecule has 136 valence electrons. The summed E-state index contributed by atoms with van der Waals surface area (Å²) in [4.78, 5) is 4.47. The van der Waals surface area contributed by atoms with Crippen LogP contribution < -0.4 is 9.46 Å². The van der Waals surface area contributed by atoms with Gasteiger partial charge in [-0.2, -0.15) is 0 Å². The van der Waals surface area contributed by atoms with Gasteiger partial charge >= 0.3 is 0 Å². The molecule has 1 aliphatic heterocycles. The fourth-order valence-electron chi connectivity index (χ4n) is 2.81. The Morgan fingerprint density at radius 2 is 2.12 bits per heavy atom. The van der Waals surface area contributed by atoms with Crippen molar-refractivity contribution < 1.29 is 17.9 Å². The Labute approximate surface area is 152 Å². The van der Waals surface area contributed by atoms with E-state index in [1.165, 1.54) is 6.26 Å². The number of hydrogen-bond donors (Lipinski definition) is 1. The minimum absolute atomic E-state index is 0.00987. The van der Waals surface area contributed by atoms with Crippen LogP contribution in [-0.4, -0.2) is 45.5 Å². The maximum atomic E-state index is 11.5. The molecule has 25 heavy (non-hydrogen) atoms. The summed E-state index contributed by atoms with van der Waals surface area (Å²) in [5, 5.41) is 3.07. The van der Waals surface area contributed by atoms with Crippen LogP contribution >= 0.6 is 11.3 Å². The Hall–Kier alpha value is -1.48. The number of benzene rings is 1. The number of ether oxygens (including phenoxy) is 2. The second kappa shape index (κ2) is 7.82. The van der Waals surface area contributed by atoms with Gasteiger partial charge in [0, 0.05) is 29.5 Å². The van der Waals surface area contributed by atoms with Crippen LogP contribution in [0, 0.1) is 12.8 Å². The average molecular weight is 383 g/mol. The molecule has 3 rings (SSSR count). The van der Waals surface area contributed by atoms with Crippen LogP contribution in [0.3, 0.4) is 0 Å². The lowest BCUT2D eigenvalue weighted by Gasteiger charge is -2.31. The van der Waals surface area contributed by atoms with Crippen molar-refractivity contribution in [3.63, 3.8) is 0 Å². The highest BCUT2D eigenvalue weighted by atomic mass is 32.2. The third-order valence-electron chi connectivity index (χ3n) is 4.07. The molecule has 0 radical (unpaired) electrons. The molecule has 0 unspecified atom stereocenters. The molecule has 6 nitrogen and oxygen atoms in total. The summed E-state index contributed by atoms with van der Waals surface area (Å²) in [5.74, 6) is 0.740. The quantitative estimate of drug-likeness (QED) is 0.830. The van der Waals surface area contributed by atoms with Gasteiger partial charge in [-0.15, -0.1) is 11.3 Å². The summed E-state index contributed by atoms with van der Waals surface area (Å²) in [6.07, 6.45) is 1.84. The lowest BCUT2D eigenvalue weighted by molar-refractivity contribution is 0.0187. The summed E-state index contributed by atoms with van der Waals surface area (Å²) >= 11 is 1.62. The molecule has 0 aliphatic carbocycles. The standard InChI is InChI=1S/C17H22N2O4S2/c1-12-18-17(11-24-12)13-3-5-15(6-4-13)23-10-14-9-22-8-7-16(14)19-25(2,20)21/h3-6,11,14,16,19H,7-10H2,1-2H3/t14-,16+/m1/s1. The Kier molecular flexibility index (Phi) is 5.73. The maximum absolute atomic E-state index is 11.5. The highest BCUT2D eigenvalue weighted by Crippen LogP contribution is 2.24. The number of hydrogen-bond acceptors (Lipinski definition) is 6. The first-order valence-corrected chi connectivity index (χ1v) is 10.9. The first-order chi connectivity index (χ1) is 11.9. The van der Waals surface area contributed by atoms with Crippen molar-refractivity contribution in [3.8, 4) is 17.0 Å². The number of aromatic nitrogens is 1. The molecular weight excluding hydrogens is 360 g/mol. The Bertz CT molecular complexity index is 802. The van der Waals surface area contributed by atoms with Gasteiger partial charge in [-0.1, -0.05) is 0 Å². The molecular formula is C17H22N2O4S2. The van der Waals surface area contributed by atoms with Crippen LogP contribution in [0.25, 0.3) is 11.3 Å². The second-order valence-electron chi connectivity index (χ2n) is 6.21. The molecule has 0 bridgehead atoms. The molecule has 0 saturated carbocycles. The van der Waals surface area contributed by atoms with Crippen molar-refractivity contribution >= 4 is 21.4 Å². The lowest BCUT2D eigenvalue weighted by atomic mass is 9.98. The van der Waals surface area contributed by atoms with E-state index in [0.29, 0.717) is 26.2 Å². The minimum Gasteiger partial charge on any atom is -0.493 e. The third-order valence-corrected chi connectivity index (χ3v) is 5.58. The average Bonchev–Trinajstić information content (AvgIpc) is 3.00. The monoisotopic (exact) mass is 382 g/mol. The molecule has 1 aromatic carbocycles. The van der Waals surface area contributed by atoms with Crippen LogP contribution in [0.2, 0.25) is 0 Å².